The number of aromatic nitrogens is 1. The van der Waals surface area contributed by atoms with Crippen molar-refractivity contribution in [2.24, 2.45) is 5.92 Å². The molecule has 0 saturated heterocycles. The van der Waals surface area contributed by atoms with Crippen LogP contribution in [-0.2, 0) is 4.79 Å². The van der Waals surface area contributed by atoms with Crippen LogP contribution in [0.1, 0.15) is 26.7 Å². The van der Waals surface area contributed by atoms with Gasteiger partial charge in [-0.25, -0.2) is 0 Å². The van der Waals surface area contributed by atoms with Gasteiger partial charge in [-0.05, 0) is 31.0 Å². The number of anilines is 1. The van der Waals surface area contributed by atoms with Crippen LogP contribution in [0.25, 0.3) is 10.9 Å². The Bertz CT molecular complexity index is 594. The van der Waals surface area contributed by atoms with Crippen LogP contribution >= 0.6 is 15.9 Å². The average molecular weight is 321 g/mol. The molecule has 2 aromatic rings. The van der Waals surface area contributed by atoms with E-state index in [1.165, 1.54) is 0 Å². The van der Waals surface area contributed by atoms with E-state index in [0.29, 0.717) is 0 Å². The van der Waals surface area contributed by atoms with Crippen molar-refractivity contribution in [3.05, 3.63) is 34.9 Å². The molecule has 2 rings (SSSR count). The molecule has 1 aromatic carbocycles. The quantitative estimate of drug-likeness (QED) is 0.908. The topological polar surface area (TPSA) is 42.0 Å². The van der Waals surface area contributed by atoms with E-state index in [9.17, 15) is 4.79 Å². The molecule has 0 aliphatic carbocycles. The molecule has 1 amide bonds. The normalized spacial score (nSPS) is 10.9. The number of hydrogen-bond donors (Lipinski definition) is 1. The lowest BCUT2D eigenvalue weighted by molar-refractivity contribution is -0.120. The largest absolute Gasteiger partial charge is 0.324 e. The summed E-state index contributed by atoms with van der Waals surface area (Å²) in [7, 11) is 0. The highest BCUT2D eigenvalue weighted by atomic mass is 79.9. The molecule has 0 unspecified atom stereocenters. The second-order valence-corrected chi connectivity index (χ2v) is 5.35. The van der Waals surface area contributed by atoms with Gasteiger partial charge in [0.25, 0.3) is 0 Å². The first kappa shape index (κ1) is 14.0. The highest BCUT2D eigenvalue weighted by molar-refractivity contribution is 9.10. The highest BCUT2D eigenvalue weighted by Gasteiger charge is 2.15. The molecule has 1 N–H and O–H groups in total. The van der Waals surface area contributed by atoms with Gasteiger partial charge in [0.15, 0.2) is 0 Å². The van der Waals surface area contributed by atoms with E-state index in [4.69, 9.17) is 0 Å². The lowest BCUT2D eigenvalue weighted by Gasteiger charge is -2.14. The van der Waals surface area contributed by atoms with Crippen molar-refractivity contribution < 1.29 is 4.79 Å². The molecule has 0 aliphatic rings. The van der Waals surface area contributed by atoms with Gasteiger partial charge in [-0.2, -0.15) is 0 Å². The van der Waals surface area contributed by atoms with Gasteiger partial charge in [-0.1, -0.05) is 35.8 Å². The minimum atomic E-state index is 0.0578. The number of nitrogens with one attached hydrogen (secondary N) is 1. The number of hydrogen-bond acceptors (Lipinski definition) is 2. The fourth-order valence-corrected chi connectivity index (χ4v) is 2.59. The first-order chi connectivity index (χ1) is 9.17. The van der Waals surface area contributed by atoms with E-state index >= 15 is 0 Å². The van der Waals surface area contributed by atoms with Gasteiger partial charge < -0.3 is 5.32 Å². The smallest absolute Gasteiger partial charge is 0.227 e. The number of amides is 1. The first-order valence-electron chi connectivity index (χ1n) is 6.51. The third-order valence-electron chi connectivity index (χ3n) is 3.33. The lowest BCUT2D eigenvalue weighted by Crippen LogP contribution is -2.21. The van der Waals surface area contributed by atoms with Crippen LogP contribution in [0, 0.1) is 5.92 Å². The number of pyridine rings is 1. The third kappa shape index (κ3) is 2.95. The van der Waals surface area contributed by atoms with E-state index in [0.717, 1.165) is 33.9 Å². The van der Waals surface area contributed by atoms with E-state index in [-0.39, 0.29) is 11.8 Å². The van der Waals surface area contributed by atoms with Crippen LogP contribution in [0.15, 0.2) is 34.9 Å². The predicted molar refractivity (Wildman–Crippen MR) is 82.1 cm³/mol. The van der Waals surface area contributed by atoms with Crippen molar-refractivity contribution in [1.82, 2.24) is 4.98 Å². The molecule has 1 heterocycles. The Morgan fingerprint density at radius 1 is 1.32 bits per heavy atom. The Hall–Kier alpha value is -1.42. The molecular weight excluding hydrogens is 304 g/mol. The summed E-state index contributed by atoms with van der Waals surface area (Å²) in [6, 6.07) is 7.70. The van der Waals surface area contributed by atoms with Crippen molar-refractivity contribution in [2.75, 3.05) is 5.32 Å². The zero-order valence-electron chi connectivity index (χ0n) is 11.1. The maximum Gasteiger partial charge on any atom is 0.227 e. The fourth-order valence-electron chi connectivity index (χ4n) is 2.13. The molecule has 3 nitrogen and oxygen atoms in total. The Labute approximate surface area is 121 Å². The summed E-state index contributed by atoms with van der Waals surface area (Å²) in [6.45, 7) is 4.07. The average Bonchev–Trinajstić information content (AvgIpc) is 2.44. The minimum absolute atomic E-state index is 0.0578. The number of fused-ring (bicyclic) bond motifs is 1. The molecule has 100 valence electrons. The molecule has 0 bridgehead atoms. The third-order valence-corrected chi connectivity index (χ3v) is 4.02. The maximum atomic E-state index is 12.2. The first-order valence-corrected chi connectivity index (χ1v) is 7.30. The molecule has 0 radical (unpaired) electrons. The predicted octanol–water partition coefficient (Wildman–Crippen LogP) is 4.37. The number of carbonyl (C=O) groups excluding carboxylic acids is 1. The van der Waals surface area contributed by atoms with Crippen molar-refractivity contribution >= 4 is 38.4 Å². The van der Waals surface area contributed by atoms with Crippen molar-refractivity contribution in [3.63, 3.8) is 0 Å². The Balaban J connectivity index is 2.36. The van der Waals surface area contributed by atoms with Gasteiger partial charge in [0, 0.05) is 22.0 Å². The van der Waals surface area contributed by atoms with Crippen LogP contribution < -0.4 is 5.32 Å². The van der Waals surface area contributed by atoms with Gasteiger partial charge in [0.2, 0.25) is 5.91 Å². The summed E-state index contributed by atoms with van der Waals surface area (Å²) in [5, 5.41) is 4.00. The van der Waals surface area contributed by atoms with Gasteiger partial charge in [0.05, 0.1) is 11.2 Å². The second kappa shape index (κ2) is 6.15. The summed E-state index contributed by atoms with van der Waals surface area (Å²) in [4.78, 5) is 16.5. The molecule has 0 atom stereocenters. The van der Waals surface area contributed by atoms with E-state index in [1.54, 1.807) is 6.20 Å². The van der Waals surface area contributed by atoms with Crippen LogP contribution in [0.2, 0.25) is 0 Å². The Morgan fingerprint density at radius 3 is 2.74 bits per heavy atom. The van der Waals surface area contributed by atoms with Crippen LogP contribution in [0.4, 0.5) is 5.69 Å². The number of benzene rings is 1. The van der Waals surface area contributed by atoms with Gasteiger partial charge in [0.1, 0.15) is 0 Å². The summed E-state index contributed by atoms with van der Waals surface area (Å²) < 4.78 is 0.983. The van der Waals surface area contributed by atoms with Crippen LogP contribution in [-0.4, -0.2) is 10.9 Å². The van der Waals surface area contributed by atoms with Gasteiger partial charge in [-0.3, -0.25) is 9.78 Å². The molecule has 0 spiro atoms. The lowest BCUT2D eigenvalue weighted by atomic mass is 10.0. The van der Waals surface area contributed by atoms with Crippen LogP contribution in [0.5, 0.6) is 0 Å². The van der Waals surface area contributed by atoms with Gasteiger partial charge in [-0.15, -0.1) is 0 Å². The van der Waals surface area contributed by atoms with Crippen molar-refractivity contribution in [3.8, 4) is 0 Å². The van der Waals surface area contributed by atoms with Crippen molar-refractivity contribution in [2.45, 2.75) is 26.7 Å². The standard InChI is InChI=1S/C15H17BrN2O/c1-3-10(4-2)15(19)18-13-8-7-12(16)11-6-5-9-17-14(11)13/h5-10H,3-4H2,1-2H3,(H,18,19). The van der Waals surface area contributed by atoms with E-state index < -0.39 is 0 Å². The Kier molecular flexibility index (Phi) is 4.53. The molecule has 0 aliphatic heterocycles. The summed E-state index contributed by atoms with van der Waals surface area (Å²) in [5.41, 5.74) is 1.59. The molecule has 0 fully saturated rings. The maximum absolute atomic E-state index is 12.2. The molecular formula is C15H17BrN2O. The SMILES string of the molecule is CCC(CC)C(=O)Nc1ccc(Br)c2cccnc12. The number of carbonyl (C=O) groups is 1. The molecule has 4 heteroatoms. The summed E-state index contributed by atoms with van der Waals surface area (Å²) in [5.74, 6) is 0.127. The van der Waals surface area contributed by atoms with Crippen molar-refractivity contribution in [1.29, 1.82) is 0 Å². The fraction of sp³-hybridized carbons (Fsp3) is 0.333. The monoisotopic (exact) mass is 320 g/mol. The molecule has 0 saturated carbocycles. The highest BCUT2D eigenvalue weighted by Crippen LogP contribution is 2.28. The van der Waals surface area contributed by atoms with E-state index in [1.807, 2.05) is 38.1 Å². The number of nitrogens with zero attached hydrogens (tertiary/aromatic N) is 1. The number of halogens is 1. The second-order valence-electron chi connectivity index (χ2n) is 4.50. The Morgan fingerprint density at radius 2 is 2.05 bits per heavy atom. The van der Waals surface area contributed by atoms with Gasteiger partial charge >= 0.3 is 0 Å². The molecule has 19 heavy (non-hydrogen) atoms. The minimum Gasteiger partial charge on any atom is -0.324 e. The number of rotatable bonds is 4. The summed E-state index contributed by atoms with van der Waals surface area (Å²) in [6.07, 6.45) is 3.44. The molecule has 1 aromatic heterocycles. The zero-order chi connectivity index (χ0) is 13.8. The van der Waals surface area contributed by atoms with E-state index in [2.05, 4.69) is 26.2 Å². The van der Waals surface area contributed by atoms with Crippen LogP contribution in [0.3, 0.4) is 0 Å². The summed E-state index contributed by atoms with van der Waals surface area (Å²) >= 11 is 3.50. The zero-order valence-corrected chi connectivity index (χ0v) is 12.7.